The maximum absolute atomic E-state index is 10.2. The van der Waals surface area contributed by atoms with Gasteiger partial charge in [-0.1, -0.05) is 76.0 Å². The first-order chi connectivity index (χ1) is 14.0. The molecule has 2 N–H and O–H groups in total. The molecule has 1 fully saturated rings. The van der Waals surface area contributed by atoms with Crippen LogP contribution in [0.5, 0.6) is 0 Å². The van der Waals surface area contributed by atoms with Crippen LogP contribution in [0.25, 0.3) is 0 Å². The van der Waals surface area contributed by atoms with Crippen molar-refractivity contribution in [2.45, 2.75) is 82.7 Å². The number of aromatic carboxylic acids is 1. The van der Waals surface area contributed by atoms with Crippen molar-refractivity contribution in [3.8, 4) is 0 Å². The molecule has 0 radical (unpaired) electrons. The Balaban J connectivity index is 0.000000387. The zero-order valence-electron chi connectivity index (χ0n) is 18.4. The molecule has 0 aromatic heterocycles. The summed E-state index contributed by atoms with van der Waals surface area (Å²) in [6.07, 6.45) is 15.1. The minimum atomic E-state index is -0.879. The molecule has 1 aliphatic carbocycles. The molecule has 1 aliphatic rings. The van der Waals surface area contributed by atoms with Gasteiger partial charge >= 0.3 is 5.97 Å². The van der Waals surface area contributed by atoms with Gasteiger partial charge in [-0.05, 0) is 45.5 Å². The number of carbonyl (C=O) groups is 1. The van der Waals surface area contributed by atoms with Crippen molar-refractivity contribution < 1.29 is 19.7 Å². The number of hydrogen-bond donors (Lipinski definition) is 2. The van der Waals surface area contributed by atoms with E-state index in [1.54, 1.807) is 30.3 Å². The van der Waals surface area contributed by atoms with Gasteiger partial charge < -0.3 is 14.9 Å². The van der Waals surface area contributed by atoms with Crippen LogP contribution in [-0.2, 0) is 4.74 Å². The number of ether oxygens (including phenoxy) is 1. The molecule has 29 heavy (non-hydrogen) atoms. The first-order valence-electron chi connectivity index (χ1n) is 11.2. The van der Waals surface area contributed by atoms with Gasteiger partial charge in [0.1, 0.15) is 0 Å². The highest BCUT2D eigenvalue weighted by Crippen LogP contribution is 2.31. The Bertz CT molecular complexity index is 521. The van der Waals surface area contributed by atoms with Crippen molar-refractivity contribution >= 4 is 5.97 Å². The van der Waals surface area contributed by atoms with E-state index in [1.165, 1.54) is 57.8 Å². The third-order valence-corrected chi connectivity index (χ3v) is 5.48. The van der Waals surface area contributed by atoms with E-state index in [0.717, 1.165) is 19.3 Å². The van der Waals surface area contributed by atoms with E-state index in [2.05, 4.69) is 4.90 Å². The minimum Gasteiger partial charge on any atom is -0.478 e. The van der Waals surface area contributed by atoms with E-state index in [1.807, 2.05) is 14.1 Å². The number of hydrogen-bond acceptors (Lipinski definition) is 4. The predicted octanol–water partition coefficient (Wildman–Crippen LogP) is 5.33. The number of nitrogens with zero attached hydrogens (tertiary/aromatic N) is 1. The Kier molecular flexibility index (Phi) is 13.6. The molecule has 0 atom stereocenters. The lowest BCUT2D eigenvalue weighted by Crippen LogP contribution is -2.37. The van der Waals surface area contributed by atoms with E-state index < -0.39 is 5.97 Å². The highest BCUT2D eigenvalue weighted by molar-refractivity contribution is 5.87. The number of carboxylic acid groups (broad SMARTS) is 1. The molecule has 5 nitrogen and oxygen atoms in total. The SMILES string of the molecule is CN(C)COC1(CCO)CCCCCCCCCCC1.O=C(O)c1ccccc1. The highest BCUT2D eigenvalue weighted by atomic mass is 16.5. The summed E-state index contributed by atoms with van der Waals surface area (Å²) in [6.45, 7) is 0.910. The topological polar surface area (TPSA) is 70.0 Å². The van der Waals surface area contributed by atoms with Crippen LogP contribution in [0, 0.1) is 0 Å². The van der Waals surface area contributed by atoms with Gasteiger partial charge in [-0.25, -0.2) is 4.79 Å². The lowest BCUT2D eigenvalue weighted by molar-refractivity contribution is -0.106. The quantitative estimate of drug-likeness (QED) is 0.624. The fourth-order valence-corrected chi connectivity index (χ4v) is 3.77. The van der Waals surface area contributed by atoms with Crippen LogP contribution in [0.4, 0.5) is 0 Å². The van der Waals surface area contributed by atoms with Gasteiger partial charge in [0, 0.05) is 6.61 Å². The van der Waals surface area contributed by atoms with E-state index in [9.17, 15) is 9.90 Å². The van der Waals surface area contributed by atoms with Crippen molar-refractivity contribution in [2.24, 2.45) is 0 Å². The summed E-state index contributed by atoms with van der Waals surface area (Å²) in [7, 11) is 4.09. The summed E-state index contributed by atoms with van der Waals surface area (Å²) < 4.78 is 6.24. The summed E-state index contributed by atoms with van der Waals surface area (Å²) in [5.41, 5.74) is 0.246. The molecule has 0 saturated heterocycles. The normalized spacial score (nSPS) is 18.1. The zero-order valence-corrected chi connectivity index (χ0v) is 18.4. The lowest BCUT2D eigenvalue weighted by Gasteiger charge is -2.35. The minimum absolute atomic E-state index is 0.0851. The Morgan fingerprint density at radius 1 is 0.931 bits per heavy atom. The molecule has 0 bridgehead atoms. The summed E-state index contributed by atoms with van der Waals surface area (Å²) in [5.74, 6) is -0.879. The number of aliphatic hydroxyl groups is 1. The van der Waals surface area contributed by atoms with Crippen LogP contribution < -0.4 is 0 Å². The lowest BCUT2D eigenvalue weighted by atomic mass is 9.86. The largest absolute Gasteiger partial charge is 0.478 e. The average Bonchev–Trinajstić information content (AvgIpc) is 2.70. The van der Waals surface area contributed by atoms with Crippen molar-refractivity contribution in [3.63, 3.8) is 0 Å². The molecule has 0 spiro atoms. The molecule has 0 amide bonds. The van der Waals surface area contributed by atoms with Crippen molar-refractivity contribution in [1.82, 2.24) is 4.90 Å². The summed E-state index contributed by atoms with van der Waals surface area (Å²) in [6, 6.07) is 8.30. The standard InChI is InChI=1S/C17H35NO2.C7H6O2/c1-18(2)16-20-17(14-15-19)12-10-8-6-4-3-5-7-9-11-13-17;8-7(9)6-4-2-1-3-5-6/h19H,3-16H2,1-2H3;1-5H,(H,8,9). The fraction of sp³-hybridized carbons (Fsp3) is 0.708. The molecule has 2 rings (SSSR count). The number of rotatable bonds is 6. The summed E-state index contributed by atoms with van der Waals surface area (Å²) in [5, 5.41) is 17.8. The van der Waals surface area contributed by atoms with E-state index >= 15 is 0 Å². The van der Waals surface area contributed by atoms with Gasteiger partial charge in [0.2, 0.25) is 0 Å². The molecule has 1 saturated carbocycles. The Labute approximate surface area is 177 Å². The highest BCUT2D eigenvalue weighted by Gasteiger charge is 2.30. The van der Waals surface area contributed by atoms with Gasteiger partial charge in [0.05, 0.1) is 17.9 Å². The van der Waals surface area contributed by atoms with Crippen LogP contribution >= 0.6 is 0 Å². The van der Waals surface area contributed by atoms with E-state index in [0.29, 0.717) is 12.3 Å². The Morgan fingerprint density at radius 3 is 1.79 bits per heavy atom. The van der Waals surface area contributed by atoms with Crippen molar-refractivity contribution in [2.75, 3.05) is 27.4 Å². The van der Waals surface area contributed by atoms with Crippen molar-refractivity contribution in [1.29, 1.82) is 0 Å². The van der Waals surface area contributed by atoms with E-state index in [-0.39, 0.29) is 12.2 Å². The molecular weight excluding hydrogens is 366 g/mol. The van der Waals surface area contributed by atoms with Gasteiger partial charge in [0.15, 0.2) is 0 Å². The van der Waals surface area contributed by atoms with Crippen molar-refractivity contribution in [3.05, 3.63) is 35.9 Å². The maximum Gasteiger partial charge on any atom is 0.335 e. The Morgan fingerprint density at radius 2 is 1.41 bits per heavy atom. The molecular formula is C24H41NO4. The third-order valence-electron chi connectivity index (χ3n) is 5.48. The molecule has 0 aliphatic heterocycles. The van der Waals surface area contributed by atoms with Gasteiger partial charge in [-0.15, -0.1) is 0 Å². The van der Waals surface area contributed by atoms with Gasteiger partial charge in [-0.3, -0.25) is 4.90 Å². The second-order valence-electron chi connectivity index (χ2n) is 8.36. The number of benzene rings is 1. The fourth-order valence-electron chi connectivity index (χ4n) is 3.77. The first-order valence-corrected chi connectivity index (χ1v) is 11.2. The van der Waals surface area contributed by atoms with Crippen LogP contribution in [0.2, 0.25) is 0 Å². The number of aliphatic hydroxyl groups excluding tert-OH is 1. The van der Waals surface area contributed by atoms with Gasteiger partial charge in [-0.2, -0.15) is 0 Å². The second-order valence-corrected chi connectivity index (χ2v) is 8.36. The van der Waals surface area contributed by atoms with Crippen LogP contribution in [0.1, 0.15) is 87.4 Å². The van der Waals surface area contributed by atoms with Crippen LogP contribution in [0.3, 0.4) is 0 Å². The monoisotopic (exact) mass is 407 g/mol. The summed E-state index contributed by atoms with van der Waals surface area (Å²) >= 11 is 0. The molecule has 1 aromatic rings. The van der Waals surface area contributed by atoms with Gasteiger partial charge in [0.25, 0.3) is 0 Å². The molecule has 0 heterocycles. The average molecular weight is 408 g/mol. The van der Waals surface area contributed by atoms with Crippen LogP contribution in [-0.4, -0.2) is 54.1 Å². The first kappa shape index (κ1) is 25.6. The maximum atomic E-state index is 10.2. The molecule has 0 unspecified atom stereocenters. The molecule has 166 valence electrons. The summed E-state index contributed by atoms with van der Waals surface area (Å²) in [4.78, 5) is 12.3. The molecule has 1 aromatic carbocycles. The van der Waals surface area contributed by atoms with E-state index in [4.69, 9.17) is 9.84 Å². The zero-order chi connectivity index (χ0) is 21.4. The number of carboxylic acids is 1. The Hall–Kier alpha value is -1.43. The predicted molar refractivity (Wildman–Crippen MR) is 118 cm³/mol. The smallest absolute Gasteiger partial charge is 0.335 e. The van der Waals surface area contributed by atoms with Crippen LogP contribution in [0.15, 0.2) is 30.3 Å². The molecule has 5 heteroatoms. The second kappa shape index (κ2) is 15.4. The third kappa shape index (κ3) is 12.0.